The van der Waals surface area contributed by atoms with Crippen molar-refractivity contribution in [1.29, 1.82) is 0 Å². The normalized spacial score (nSPS) is 15.5. The summed E-state index contributed by atoms with van der Waals surface area (Å²) in [7, 11) is 0. The number of hydrogen-bond donors (Lipinski definition) is 3. The summed E-state index contributed by atoms with van der Waals surface area (Å²) in [5, 5.41) is 11.3. The molecule has 0 aliphatic carbocycles. The van der Waals surface area contributed by atoms with Crippen LogP contribution in [-0.2, 0) is 6.54 Å². The minimum Gasteiger partial charge on any atom is -0.382 e. The van der Waals surface area contributed by atoms with E-state index in [0.717, 1.165) is 35.0 Å². The molecule has 3 aromatic rings. The Kier molecular flexibility index (Phi) is 4.31. The molecule has 1 unspecified atom stereocenters. The maximum absolute atomic E-state index is 6.23. The van der Waals surface area contributed by atoms with Crippen molar-refractivity contribution >= 4 is 23.3 Å². The van der Waals surface area contributed by atoms with E-state index < -0.39 is 0 Å². The molecule has 1 atom stereocenters. The summed E-state index contributed by atoms with van der Waals surface area (Å²) in [5.41, 5.74) is 10.2. The summed E-state index contributed by atoms with van der Waals surface area (Å²) in [5.74, 6) is 1.74. The monoisotopic (exact) mass is 364 g/mol. The molecule has 8 heteroatoms. The molecule has 8 nitrogen and oxygen atoms in total. The number of nitrogen functional groups attached to an aromatic ring is 1. The van der Waals surface area contributed by atoms with Gasteiger partial charge in [-0.2, -0.15) is 15.1 Å². The van der Waals surface area contributed by atoms with Crippen LogP contribution in [0.2, 0.25) is 0 Å². The fourth-order valence-electron chi connectivity index (χ4n) is 3.40. The number of benzene rings is 1. The molecule has 1 aliphatic heterocycles. The maximum atomic E-state index is 6.23. The van der Waals surface area contributed by atoms with Gasteiger partial charge < -0.3 is 21.3 Å². The SMILES string of the molecule is CCN1c2nc(NCc3ccccc3)nc(N)c2NC1n1nc(C)cc1C. The maximum Gasteiger partial charge on any atom is 0.227 e. The molecule has 140 valence electrons. The molecular weight excluding hydrogens is 340 g/mol. The second-order valence-corrected chi connectivity index (χ2v) is 6.65. The van der Waals surface area contributed by atoms with E-state index in [1.165, 1.54) is 0 Å². The lowest BCUT2D eigenvalue weighted by atomic mass is 10.2. The number of hydrogen-bond acceptors (Lipinski definition) is 7. The van der Waals surface area contributed by atoms with Crippen LogP contribution in [0.4, 0.5) is 23.3 Å². The fourth-order valence-corrected chi connectivity index (χ4v) is 3.40. The Labute approximate surface area is 158 Å². The molecule has 1 aromatic carbocycles. The Balaban J connectivity index is 1.62. The third-order valence-electron chi connectivity index (χ3n) is 4.67. The van der Waals surface area contributed by atoms with Crippen molar-refractivity contribution in [2.45, 2.75) is 33.6 Å². The molecule has 0 saturated heterocycles. The number of anilines is 4. The van der Waals surface area contributed by atoms with Crippen LogP contribution in [0.1, 0.15) is 30.2 Å². The van der Waals surface area contributed by atoms with Gasteiger partial charge in [0.05, 0.1) is 5.69 Å². The van der Waals surface area contributed by atoms with E-state index in [2.05, 4.69) is 50.7 Å². The average Bonchev–Trinajstić information content (AvgIpc) is 3.20. The zero-order valence-corrected chi connectivity index (χ0v) is 15.8. The van der Waals surface area contributed by atoms with E-state index in [4.69, 9.17) is 10.7 Å². The Morgan fingerprint density at radius 2 is 1.96 bits per heavy atom. The first-order valence-corrected chi connectivity index (χ1v) is 9.08. The highest BCUT2D eigenvalue weighted by molar-refractivity contribution is 5.81. The van der Waals surface area contributed by atoms with Crippen molar-refractivity contribution in [2.24, 2.45) is 0 Å². The Hall–Kier alpha value is -3.29. The van der Waals surface area contributed by atoms with Crippen LogP contribution in [0, 0.1) is 13.8 Å². The fraction of sp³-hybridized carbons (Fsp3) is 0.316. The molecule has 4 N–H and O–H groups in total. The van der Waals surface area contributed by atoms with Crippen LogP contribution in [0.3, 0.4) is 0 Å². The number of nitrogens with two attached hydrogens (primary N) is 1. The third kappa shape index (κ3) is 3.14. The molecule has 27 heavy (non-hydrogen) atoms. The highest BCUT2D eigenvalue weighted by Gasteiger charge is 2.34. The predicted octanol–water partition coefficient (Wildman–Crippen LogP) is 2.89. The number of nitrogens with one attached hydrogen (secondary N) is 2. The summed E-state index contributed by atoms with van der Waals surface area (Å²) in [6.07, 6.45) is -0.167. The van der Waals surface area contributed by atoms with Crippen molar-refractivity contribution in [3.8, 4) is 0 Å². The van der Waals surface area contributed by atoms with E-state index in [1.54, 1.807) is 0 Å². The molecular formula is C19H24N8. The van der Waals surface area contributed by atoms with Crippen LogP contribution in [0.5, 0.6) is 0 Å². The quantitative estimate of drug-likeness (QED) is 0.640. The number of aryl methyl sites for hydroxylation is 2. The minimum atomic E-state index is -0.167. The standard InChI is InChI=1S/C19H24N8/c1-4-26-17-15(22-19(26)27-13(3)10-12(2)25-27)16(20)23-18(24-17)21-11-14-8-6-5-7-9-14/h5-10,19,22H,4,11H2,1-3H3,(H3,20,21,23,24). The van der Waals surface area contributed by atoms with Gasteiger partial charge in [0, 0.05) is 18.8 Å². The van der Waals surface area contributed by atoms with Crippen molar-refractivity contribution in [1.82, 2.24) is 19.7 Å². The number of rotatable bonds is 5. The van der Waals surface area contributed by atoms with Gasteiger partial charge >= 0.3 is 0 Å². The molecule has 1 aliphatic rings. The van der Waals surface area contributed by atoms with Gasteiger partial charge in [-0.1, -0.05) is 30.3 Å². The smallest absolute Gasteiger partial charge is 0.227 e. The van der Waals surface area contributed by atoms with Crippen molar-refractivity contribution in [3.63, 3.8) is 0 Å². The van der Waals surface area contributed by atoms with Gasteiger partial charge in [0.2, 0.25) is 5.95 Å². The topological polar surface area (TPSA) is 96.9 Å². The molecule has 0 spiro atoms. The zero-order chi connectivity index (χ0) is 19.0. The summed E-state index contributed by atoms with van der Waals surface area (Å²) in [6, 6.07) is 12.2. The lowest BCUT2D eigenvalue weighted by Gasteiger charge is -2.25. The molecule has 0 saturated carbocycles. The van der Waals surface area contributed by atoms with Gasteiger partial charge in [0.1, 0.15) is 5.69 Å². The van der Waals surface area contributed by atoms with E-state index in [-0.39, 0.29) is 6.29 Å². The van der Waals surface area contributed by atoms with Crippen LogP contribution < -0.4 is 21.3 Å². The third-order valence-corrected chi connectivity index (χ3v) is 4.67. The Morgan fingerprint density at radius 3 is 2.63 bits per heavy atom. The van der Waals surface area contributed by atoms with E-state index in [9.17, 15) is 0 Å². The number of aromatic nitrogens is 4. The van der Waals surface area contributed by atoms with Gasteiger partial charge in [-0.05, 0) is 32.4 Å². The highest BCUT2D eigenvalue weighted by atomic mass is 15.5. The lowest BCUT2D eigenvalue weighted by Crippen LogP contribution is -2.34. The first-order chi connectivity index (χ1) is 13.1. The van der Waals surface area contributed by atoms with E-state index >= 15 is 0 Å². The van der Waals surface area contributed by atoms with Crippen LogP contribution in [0.15, 0.2) is 36.4 Å². The van der Waals surface area contributed by atoms with Crippen LogP contribution in [-0.4, -0.2) is 26.3 Å². The van der Waals surface area contributed by atoms with Crippen molar-refractivity contribution in [2.75, 3.05) is 27.8 Å². The van der Waals surface area contributed by atoms with Gasteiger partial charge in [-0.25, -0.2) is 4.68 Å². The van der Waals surface area contributed by atoms with Crippen molar-refractivity contribution in [3.05, 3.63) is 53.3 Å². The summed E-state index contributed by atoms with van der Waals surface area (Å²) in [6.45, 7) is 7.52. The molecule has 0 radical (unpaired) electrons. The second-order valence-electron chi connectivity index (χ2n) is 6.65. The number of nitrogens with zero attached hydrogens (tertiary/aromatic N) is 5. The summed E-state index contributed by atoms with van der Waals surface area (Å²) >= 11 is 0. The molecule has 4 rings (SSSR count). The molecule has 0 amide bonds. The Bertz CT molecular complexity index is 950. The van der Waals surface area contributed by atoms with Gasteiger partial charge in [0.15, 0.2) is 17.9 Å². The second kappa shape index (κ2) is 6.79. The van der Waals surface area contributed by atoms with Crippen LogP contribution in [0.25, 0.3) is 0 Å². The number of fused-ring (bicyclic) bond motifs is 1. The molecule has 0 bridgehead atoms. The molecule has 3 heterocycles. The van der Waals surface area contributed by atoms with E-state index in [0.29, 0.717) is 18.3 Å². The highest BCUT2D eigenvalue weighted by Crippen LogP contribution is 2.41. The predicted molar refractivity (Wildman–Crippen MR) is 108 cm³/mol. The van der Waals surface area contributed by atoms with Gasteiger partial charge in [-0.15, -0.1) is 0 Å². The molecule has 2 aromatic heterocycles. The minimum absolute atomic E-state index is 0.167. The zero-order valence-electron chi connectivity index (χ0n) is 15.8. The molecule has 0 fully saturated rings. The van der Waals surface area contributed by atoms with Crippen LogP contribution >= 0.6 is 0 Å². The lowest BCUT2D eigenvalue weighted by molar-refractivity contribution is 0.480. The Morgan fingerprint density at radius 1 is 1.19 bits per heavy atom. The summed E-state index contributed by atoms with van der Waals surface area (Å²) in [4.78, 5) is 11.3. The first-order valence-electron chi connectivity index (χ1n) is 9.08. The first kappa shape index (κ1) is 17.1. The van der Waals surface area contributed by atoms with E-state index in [1.807, 2.05) is 36.7 Å². The average molecular weight is 364 g/mol. The van der Waals surface area contributed by atoms with Gasteiger partial charge in [0.25, 0.3) is 0 Å². The largest absolute Gasteiger partial charge is 0.382 e. The van der Waals surface area contributed by atoms with Crippen molar-refractivity contribution < 1.29 is 0 Å². The summed E-state index contributed by atoms with van der Waals surface area (Å²) < 4.78 is 1.96. The van der Waals surface area contributed by atoms with Gasteiger partial charge in [-0.3, -0.25) is 0 Å².